The molecule has 0 N–H and O–H groups in total. The van der Waals surface area contributed by atoms with Gasteiger partial charge in [0.1, 0.15) is 11.1 Å². The Labute approximate surface area is 391 Å². The maximum Gasteiger partial charge on any atom is 0.252 e. The quantitative estimate of drug-likeness (QED) is 0.162. The first-order chi connectivity index (χ1) is 31.7. The normalized spacial score (nSPS) is 19.9. The standard InChI is InChI=1S/C60H54BN3OS/c1-57(2,3)35-26-28-45-42(31-35)59(7)29-13-14-30-60(59,8)64(45)37-33-48-52-49(34-37)63-53-41(55-54(63)40-18-9-11-23-50(40)65-55)20-15-21-44(53)61(52)43-27-25-36(58(4,5)6)32-47(43)62(48)46-22-16-19-39-38-17-10-12-24-51(38)66-56(39)46/h9-12,15-28,31-34H,13-14,29-30H2,1-8H3. The lowest BCUT2D eigenvalue weighted by Gasteiger charge is -2.51. The van der Waals surface area contributed by atoms with Gasteiger partial charge in [0.25, 0.3) is 6.71 Å². The molecule has 2 unspecified atom stereocenters. The van der Waals surface area contributed by atoms with Crippen molar-refractivity contribution in [2.24, 2.45) is 0 Å². The number of nitrogens with zero attached hydrogens (tertiary/aromatic N) is 3. The molecular weight excluding hydrogens is 822 g/mol. The number of hydrogen-bond acceptors (Lipinski definition) is 4. The number of thiophene rings is 1. The first-order valence-electron chi connectivity index (χ1n) is 24.2. The molecule has 4 nitrogen and oxygen atoms in total. The first-order valence-corrected chi connectivity index (χ1v) is 25.0. The van der Waals surface area contributed by atoms with Crippen molar-refractivity contribution in [2.45, 2.75) is 103 Å². The summed E-state index contributed by atoms with van der Waals surface area (Å²) in [7, 11) is 0. The van der Waals surface area contributed by atoms with Crippen LogP contribution in [0.1, 0.15) is 97.8 Å². The van der Waals surface area contributed by atoms with Crippen molar-refractivity contribution in [1.29, 1.82) is 0 Å². The third kappa shape index (κ3) is 4.86. The van der Waals surface area contributed by atoms with Crippen LogP contribution in [0.2, 0.25) is 0 Å². The van der Waals surface area contributed by atoms with E-state index in [0.717, 1.165) is 28.5 Å². The summed E-state index contributed by atoms with van der Waals surface area (Å²) in [5, 5.41) is 4.96. The predicted molar refractivity (Wildman–Crippen MR) is 283 cm³/mol. The number of para-hydroxylation sites is 2. The van der Waals surface area contributed by atoms with Crippen LogP contribution in [0.5, 0.6) is 0 Å². The van der Waals surface area contributed by atoms with Crippen LogP contribution < -0.4 is 26.2 Å². The fourth-order valence-corrected chi connectivity index (χ4v) is 14.5. The van der Waals surface area contributed by atoms with Crippen molar-refractivity contribution in [3.63, 3.8) is 0 Å². The summed E-state index contributed by atoms with van der Waals surface area (Å²) in [5.41, 5.74) is 20.1. The van der Waals surface area contributed by atoms with Crippen LogP contribution in [-0.2, 0) is 16.2 Å². The lowest BCUT2D eigenvalue weighted by Crippen LogP contribution is -2.60. The molecular formula is C60H54BN3OS. The molecule has 3 aliphatic heterocycles. The van der Waals surface area contributed by atoms with Crippen molar-refractivity contribution in [1.82, 2.24) is 4.57 Å². The molecule has 1 saturated carbocycles. The van der Waals surface area contributed by atoms with Gasteiger partial charge in [-0.2, -0.15) is 0 Å². The summed E-state index contributed by atoms with van der Waals surface area (Å²) in [6, 6.07) is 51.6. The molecule has 14 rings (SSSR count). The largest absolute Gasteiger partial charge is 0.454 e. The first kappa shape index (κ1) is 39.0. The summed E-state index contributed by atoms with van der Waals surface area (Å²) in [6.07, 6.45) is 4.78. The van der Waals surface area contributed by atoms with Crippen LogP contribution in [-0.4, -0.2) is 16.8 Å². The van der Waals surface area contributed by atoms with E-state index in [0.29, 0.717) is 0 Å². The van der Waals surface area contributed by atoms with E-state index in [1.807, 2.05) is 11.3 Å². The SMILES string of the molecule is CC(C)(C)c1ccc2c(c1)N(c1cccc3c1sc1ccccc13)c1cc(N3c4ccc(C(C)(C)C)cc4C4(C)CCCCC34C)cc3c1B2c1cccc2c4oc5ccccc5c4n-3c12. The highest BCUT2D eigenvalue weighted by Gasteiger charge is 2.58. The van der Waals surface area contributed by atoms with Gasteiger partial charge in [-0.1, -0.05) is 140 Å². The predicted octanol–water partition coefficient (Wildman–Crippen LogP) is 14.8. The molecule has 0 saturated heterocycles. The molecule has 1 fully saturated rings. The summed E-state index contributed by atoms with van der Waals surface area (Å²) >= 11 is 1.92. The van der Waals surface area contributed by atoms with Gasteiger partial charge in [0.05, 0.1) is 21.4 Å². The maximum absolute atomic E-state index is 6.93. The molecule has 6 heterocycles. The molecule has 0 bridgehead atoms. The molecule has 324 valence electrons. The van der Waals surface area contributed by atoms with Crippen molar-refractivity contribution in [3.8, 4) is 5.69 Å². The summed E-state index contributed by atoms with van der Waals surface area (Å²) in [5.74, 6) is 0. The minimum Gasteiger partial charge on any atom is -0.454 e. The van der Waals surface area contributed by atoms with Gasteiger partial charge in [0, 0.05) is 60.1 Å². The van der Waals surface area contributed by atoms with E-state index in [1.54, 1.807) is 0 Å². The van der Waals surface area contributed by atoms with E-state index in [4.69, 9.17) is 4.42 Å². The van der Waals surface area contributed by atoms with Crippen molar-refractivity contribution >= 4 is 116 Å². The second-order valence-electron chi connectivity index (χ2n) is 22.4. The highest BCUT2D eigenvalue weighted by atomic mass is 32.1. The average molecular weight is 876 g/mol. The number of aromatic nitrogens is 1. The third-order valence-corrected chi connectivity index (χ3v) is 18.0. The van der Waals surface area contributed by atoms with Crippen LogP contribution in [0.15, 0.2) is 138 Å². The topological polar surface area (TPSA) is 24.6 Å². The fraction of sp³-hybridized carbons (Fsp3) is 0.267. The summed E-state index contributed by atoms with van der Waals surface area (Å²) in [4.78, 5) is 5.49. The van der Waals surface area contributed by atoms with Gasteiger partial charge in [-0.05, 0) is 118 Å². The Balaban J connectivity index is 1.16. The molecule has 0 spiro atoms. The molecule has 0 amide bonds. The van der Waals surface area contributed by atoms with Gasteiger partial charge in [0.2, 0.25) is 0 Å². The Morgan fingerprint density at radius 2 is 1.27 bits per heavy atom. The highest BCUT2D eigenvalue weighted by Crippen LogP contribution is 2.62. The van der Waals surface area contributed by atoms with Crippen LogP contribution in [0.25, 0.3) is 58.8 Å². The van der Waals surface area contributed by atoms with E-state index in [9.17, 15) is 0 Å². The van der Waals surface area contributed by atoms with Gasteiger partial charge in [-0.3, -0.25) is 0 Å². The maximum atomic E-state index is 6.93. The fourth-order valence-electron chi connectivity index (χ4n) is 13.2. The van der Waals surface area contributed by atoms with E-state index < -0.39 is 0 Å². The third-order valence-electron chi connectivity index (χ3n) is 16.8. The Morgan fingerprint density at radius 1 is 0.576 bits per heavy atom. The van der Waals surface area contributed by atoms with Crippen LogP contribution >= 0.6 is 11.3 Å². The summed E-state index contributed by atoms with van der Waals surface area (Å²) < 4.78 is 12.2. The Bertz CT molecular complexity index is 3760. The number of hydrogen-bond donors (Lipinski definition) is 0. The lowest BCUT2D eigenvalue weighted by molar-refractivity contribution is 0.195. The van der Waals surface area contributed by atoms with Gasteiger partial charge in [0.15, 0.2) is 5.58 Å². The zero-order chi connectivity index (χ0) is 44.8. The van der Waals surface area contributed by atoms with Gasteiger partial charge in [-0.15, -0.1) is 11.3 Å². The molecule has 1 aliphatic carbocycles. The molecule has 66 heavy (non-hydrogen) atoms. The van der Waals surface area contributed by atoms with Crippen LogP contribution in [0.4, 0.5) is 28.4 Å². The van der Waals surface area contributed by atoms with E-state index in [-0.39, 0.29) is 28.5 Å². The van der Waals surface area contributed by atoms with Gasteiger partial charge in [-0.25, -0.2) is 0 Å². The molecule has 3 aromatic heterocycles. The molecule has 6 heteroatoms. The Morgan fingerprint density at radius 3 is 2.11 bits per heavy atom. The second-order valence-corrected chi connectivity index (χ2v) is 23.5. The molecule has 10 aromatic rings. The molecule has 0 radical (unpaired) electrons. The molecule has 2 atom stereocenters. The summed E-state index contributed by atoms with van der Waals surface area (Å²) in [6.45, 7) is 19.3. The smallest absolute Gasteiger partial charge is 0.252 e. The van der Waals surface area contributed by atoms with Crippen molar-refractivity contribution in [3.05, 3.63) is 150 Å². The second kappa shape index (κ2) is 12.8. The number of anilines is 5. The number of fused-ring (bicyclic) bond motifs is 15. The zero-order valence-corrected chi connectivity index (χ0v) is 40.1. The number of rotatable bonds is 2. The van der Waals surface area contributed by atoms with Gasteiger partial charge < -0.3 is 18.8 Å². The van der Waals surface area contributed by atoms with Crippen molar-refractivity contribution < 1.29 is 4.42 Å². The lowest BCUT2D eigenvalue weighted by atomic mass is 9.33. The molecule has 7 aromatic carbocycles. The van der Waals surface area contributed by atoms with Crippen LogP contribution in [0, 0.1) is 0 Å². The number of benzene rings is 7. The van der Waals surface area contributed by atoms with E-state index in [2.05, 4.69) is 203 Å². The zero-order valence-electron chi connectivity index (χ0n) is 39.3. The monoisotopic (exact) mass is 875 g/mol. The molecule has 4 aliphatic rings. The Kier molecular flexibility index (Phi) is 7.56. The highest BCUT2D eigenvalue weighted by molar-refractivity contribution is 7.26. The van der Waals surface area contributed by atoms with Gasteiger partial charge >= 0.3 is 0 Å². The number of furan rings is 1. The van der Waals surface area contributed by atoms with Crippen molar-refractivity contribution in [2.75, 3.05) is 9.80 Å². The minimum absolute atomic E-state index is 0.0168. The van der Waals surface area contributed by atoms with E-state index >= 15 is 0 Å². The van der Waals surface area contributed by atoms with Crippen LogP contribution in [0.3, 0.4) is 0 Å². The van der Waals surface area contributed by atoms with E-state index in [1.165, 1.54) is 118 Å². The average Bonchev–Trinajstić information content (AvgIpc) is 4.02. The Hall–Kier alpha value is -6.24. The minimum atomic E-state index is -0.136.